The molecule has 1 atom stereocenters. The number of carbonyl (C=O) groups is 1. The summed E-state index contributed by atoms with van der Waals surface area (Å²) in [5.41, 5.74) is 8.93. The quantitative estimate of drug-likeness (QED) is 0.499. The van der Waals surface area contributed by atoms with Crippen LogP contribution in [-0.2, 0) is 4.79 Å². The molecule has 0 rings (SSSR count). The molecule has 4 N–H and O–H groups in total. The molecular formula is C3H6F2N2O. The molecule has 0 bridgehead atoms. The zero-order chi connectivity index (χ0) is 6.73. The van der Waals surface area contributed by atoms with Crippen LogP contribution in [0.3, 0.4) is 0 Å². The molecule has 0 aliphatic rings. The molecule has 5 heteroatoms. The first-order valence-electron chi connectivity index (χ1n) is 1.88. The van der Waals surface area contributed by atoms with Gasteiger partial charge in [0, 0.05) is 0 Å². The maximum atomic E-state index is 11.3. The fraction of sp³-hybridized carbons (Fsp3) is 0.667. The van der Waals surface area contributed by atoms with Crippen molar-refractivity contribution in [1.29, 1.82) is 0 Å². The first-order chi connectivity index (χ1) is 3.55. The number of primary amides is 1. The molecule has 0 aromatic heterocycles. The van der Waals surface area contributed by atoms with Gasteiger partial charge in [0.15, 0.2) is 0 Å². The number of carbonyl (C=O) groups excluding carboxylic acids is 1. The van der Waals surface area contributed by atoms with Crippen molar-refractivity contribution in [2.24, 2.45) is 11.5 Å². The number of nitrogens with two attached hydrogens (primary N) is 2. The number of hydrogen-bond acceptors (Lipinski definition) is 2. The third kappa shape index (κ3) is 1.83. The maximum Gasteiger partial charge on any atom is 0.262 e. The zero-order valence-corrected chi connectivity index (χ0v) is 3.97. The highest BCUT2D eigenvalue weighted by atomic mass is 19.3. The fourth-order valence-corrected chi connectivity index (χ4v) is 0.124. The predicted molar refractivity (Wildman–Crippen MR) is 23.2 cm³/mol. The van der Waals surface area contributed by atoms with Crippen LogP contribution in [0.25, 0.3) is 0 Å². The number of alkyl halides is 2. The second-order valence-corrected chi connectivity index (χ2v) is 1.26. The normalized spacial score (nSPS) is 14.0. The van der Waals surface area contributed by atoms with E-state index in [0.29, 0.717) is 0 Å². The molecule has 48 valence electrons. The average Bonchev–Trinajstić information content (AvgIpc) is 1.64. The van der Waals surface area contributed by atoms with E-state index in [1.807, 2.05) is 0 Å². The molecule has 1 unspecified atom stereocenters. The van der Waals surface area contributed by atoms with Crippen molar-refractivity contribution >= 4 is 5.91 Å². The lowest BCUT2D eigenvalue weighted by Gasteiger charge is -2.02. The van der Waals surface area contributed by atoms with Crippen molar-refractivity contribution in [3.8, 4) is 0 Å². The molecule has 0 aromatic carbocycles. The van der Waals surface area contributed by atoms with Gasteiger partial charge in [-0.05, 0) is 0 Å². The SMILES string of the molecule is NC(=O)C(N)C(F)F. The van der Waals surface area contributed by atoms with Gasteiger partial charge in [0.05, 0.1) is 0 Å². The Hall–Kier alpha value is -0.710. The summed E-state index contributed by atoms with van der Waals surface area (Å²) in [5, 5.41) is 0. The third-order valence-corrected chi connectivity index (χ3v) is 0.600. The lowest BCUT2D eigenvalue weighted by atomic mass is 10.3. The van der Waals surface area contributed by atoms with E-state index in [-0.39, 0.29) is 0 Å². The minimum absolute atomic E-state index is 1.18. The highest BCUT2D eigenvalue weighted by Crippen LogP contribution is 1.95. The molecule has 0 spiro atoms. The molecule has 0 aliphatic heterocycles. The van der Waals surface area contributed by atoms with Crippen LogP contribution in [0.4, 0.5) is 8.78 Å². The van der Waals surface area contributed by atoms with Crippen LogP contribution in [0.2, 0.25) is 0 Å². The summed E-state index contributed by atoms with van der Waals surface area (Å²) in [5.74, 6) is -1.18. The Bertz CT molecular complexity index is 95.3. The van der Waals surface area contributed by atoms with Crippen molar-refractivity contribution in [1.82, 2.24) is 0 Å². The van der Waals surface area contributed by atoms with Gasteiger partial charge >= 0.3 is 0 Å². The van der Waals surface area contributed by atoms with Crippen molar-refractivity contribution in [3.63, 3.8) is 0 Å². The predicted octanol–water partition coefficient (Wildman–Crippen LogP) is -0.936. The third-order valence-electron chi connectivity index (χ3n) is 0.600. The van der Waals surface area contributed by atoms with Crippen LogP contribution in [0, 0.1) is 0 Å². The van der Waals surface area contributed by atoms with Crippen LogP contribution in [0.15, 0.2) is 0 Å². The van der Waals surface area contributed by atoms with Crippen LogP contribution < -0.4 is 11.5 Å². The Labute approximate surface area is 44.6 Å². The summed E-state index contributed by atoms with van der Waals surface area (Å²) in [4.78, 5) is 9.76. The number of amides is 1. The summed E-state index contributed by atoms with van der Waals surface area (Å²) in [6.45, 7) is 0. The van der Waals surface area contributed by atoms with Crippen LogP contribution in [0.5, 0.6) is 0 Å². The van der Waals surface area contributed by atoms with E-state index in [1.54, 1.807) is 0 Å². The molecule has 3 nitrogen and oxygen atoms in total. The minimum Gasteiger partial charge on any atom is -0.368 e. The Morgan fingerprint density at radius 3 is 1.88 bits per heavy atom. The van der Waals surface area contributed by atoms with Gasteiger partial charge in [-0.2, -0.15) is 0 Å². The van der Waals surface area contributed by atoms with E-state index >= 15 is 0 Å². The van der Waals surface area contributed by atoms with Gasteiger partial charge in [-0.25, -0.2) is 8.78 Å². The summed E-state index contributed by atoms with van der Waals surface area (Å²) < 4.78 is 22.5. The maximum absolute atomic E-state index is 11.3. The molecule has 0 fully saturated rings. The largest absolute Gasteiger partial charge is 0.368 e. The highest BCUT2D eigenvalue weighted by molar-refractivity contribution is 5.79. The first-order valence-corrected chi connectivity index (χ1v) is 1.88. The number of halogens is 2. The Kier molecular flexibility index (Phi) is 2.33. The second kappa shape index (κ2) is 2.56. The standard InChI is InChI=1S/C3H6F2N2O/c4-2(5)1(6)3(7)8/h1-2H,6H2,(H2,7,8). The van der Waals surface area contributed by atoms with Crippen molar-refractivity contribution in [3.05, 3.63) is 0 Å². The van der Waals surface area contributed by atoms with Gasteiger partial charge in [0.2, 0.25) is 5.91 Å². The summed E-state index contributed by atoms with van der Waals surface area (Å²) in [7, 11) is 0. The lowest BCUT2D eigenvalue weighted by molar-refractivity contribution is -0.122. The topological polar surface area (TPSA) is 69.1 Å². The molecule has 8 heavy (non-hydrogen) atoms. The Morgan fingerprint density at radius 2 is 1.88 bits per heavy atom. The van der Waals surface area contributed by atoms with Crippen molar-refractivity contribution in [2.45, 2.75) is 12.5 Å². The van der Waals surface area contributed by atoms with Crippen molar-refractivity contribution in [2.75, 3.05) is 0 Å². The van der Waals surface area contributed by atoms with Crippen molar-refractivity contribution < 1.29 is 13.6 Å². The van der Waals surface area contributed by atoms with Gasteiger partial charge in [0.25, 0.3) is 6.43 Å². The summed E-state index contributed by atoms with van der Waals surface area (Å²) in [6.07, 6.45) is -2.85. The van der Waals surface area contributed by atoms with E-state index in [2.05, 4.69) is 11.5 Å². The molecule has 0 saturated heterocycles. The first kappa shape index (κ1) is 7.29. The van der Waals surface area contributed by atoms with Gasteiger partial charge in [-0.15, -0.1) is 0 Å². The van der Waals surface area contributed by atoms with E-state index in [0.717, 1.165) is 0 Å². The van der Waals surface area contributed by atoms with Crippen LogP contribution in [-0.4, -0.2) is 18.4 Å². The minimum atomic E-state index is -2.85. The molecule has 1 amide bonds. The van der Waals surface area contributed by atoms with Gasteiger partial charge in [-0.1, -0.05) is 0 Å². The summed E-state index contributed by atoms with van der Waals surface area (Å²) >= 11 is 0. The smallest absolute Gasteiger partial charge is 0.262 e. The Balaban J connectivity index is 3.64. The van der Waals surface area contributed by atoms with Gasteiger partial charge < -0.3 is 11.5 Å². The lowest BCUT2D eigenvalue weighted by Crippen LogP contribution is -2.42. The number of rotatable bonds is 2. The van der Waals surface area contributed by atoms with Gasteiger partial charge in [0.1, 0.15) is 6.04 Å². The van der Waals surface area contributed by atoms with Crippen LogP contribution in [0.1, 0.15) is 0 Å². The van der Waals surface area contributed by atoms with Crippen LogP contribution >= 0.6 is 0 Å². The molecule has 0 radical (unpaired) electrons. The molecule has 0 aliphatic carbocycles. The van der Waals surface area contributed by atoms with E-state index in [1.165, 1.54) is 0 Å². The second-order valence-electron chi connectivity index (χ2n) is 1.26. The van der Waals surface area contributed by atoms with E-state index in [9.17, 15) is 13.6 Å². The zero-order valence-electron chi connectivity index (χ0n) is 3.97. The highest BCUT2D eigenvalue weighted by Gasteiger charge is 2.20. The number of hydrogen-bond donors (Lipinski definition) is 2. The Morgan fingerprint density at radius 1 is 1.50 bits per heavy atom. The molecular weight excluding hydrogens is 118 g/mol. The average molecular weight is 124 g/mol. The van der Waals surface area contributed by atoms with Gasteiger partial charge in [-0.3, -0.25) is 4.79 Å². The molecule has 0 aromatic rings. The fourth-order valence-electron chi connectivity index (χ4n) is 0.124. The molecule has 0 saturated carbocycles. The summed E-state index contributed by atoms with van der Waals surface area (Å²) in [6, 6.07) is -1.82. The van der Waals surface area contributed by atoms with E-state index in [4.69, 9.17) is 0 Å². The monoisotopic (exact) mass is 124 g/mol. The molecule has 0 heterocycles. The van der Waals surface area contributed by atoms with E-state index < -0.39 is 18.4 Å².